The Hall–Kier alpha value is -2.61. The summed E-state index contributed by atoms with van der Waals surface area (Å²) in [6.07, 6.45) is -6.09. The minimum atomic E-state index is -4.78. The lowest BCUT2D eigenvalue weighted by molar-refractivity contribution is -0.274. The second-order valence-corrected chi connectivity index (χ2v) is 4.73. The Morgan fingerprint density at radius 1 is 1.13 bits per heavy atom. The van der Waals surface area contributed by atoms with Crippen molar-refractivity contribution in [3.8, 4) is 16.9 Å². The van der Waals surface area contributed by atoms with E-state index in [9.17, 15) is 18.0 Å². The Morgan fingerprint density at radius 2 is 1.83 bits per heavy atom. The van der Waals surface area contributed by atoms with E-state index in [1.54, 1.807) is 12.1 Å². The summed E-state index contributed by atoms with van der Waals surface area (Å²) >= 11 is 5.92. The summed E-state index contributed by atoms with van der Waals surface area (Å²) in [5, 5.41) is 8.80. The van der Waals surface area contributed by atoms with E-state index in [2.05, 4.69) is 10.2 Å². The lowest BCUT2D eigenvalue weighted by atomic mass is 10.0. The van der Waals surface area contributed by atoms with Gasteiger partial charge in [0.15, 0.2) is 0 Å². The van der Waals surface area contributed by atoms with Crippen molar-refractivity contribution in [1.82, 2.24) is 5.43 Å². The second-order valence-electron chi connectivity index (χ2n) is 4.33. The van der Waals surface area contributed by atoms with Crippen molar-refractivity contribution in [2.75, 3.05) is 5.43 Å². The van der Waals surface area contributed by atoms with Gasteiger partial charge in [-0.1, -0.05) is 29.8 Å². The van der Waals surface area contributed by atoms with Crippen molar-refractivity contribution < 1.29 is 27.8 Å². The number of anilines is 1. The van der Waals surface area contributed by atoms with E-state index in [1.807, 2.05) is 5.43 Å². The number of benzene rings is 2. The maximum Gasteiger partial charge on any atom is 0.573 e. The van der Waals surface area contributed by atoms with E-state index in [1.165, 1.54) is 30.3 Å². The van der Waals surface area contributed by atoms with Gasteiger partial charge in [0, 0.05) is 0 Å². The third-order valence-electron chi connectivity index (χ3n) is 2.67. The predicted octanol–water partition coefficient (Wildman–Crippen LogP) is 4.50. The summed E-state index contributed by atoms with van der Waals surface area (Å²) in [6, 6.07) is 9.95. The summed E-state index contributed by atoms with van der Waals surface area (Å²) in [7, 11) is 0. The molecule has 23 heavy (non-hydrogen) atoms. The highest BCUT2D eigenvalue weighted by molar-refractivity contribution is 6.33. The maximum absolute atomic E-state index is 12.3. The van der Waals surface area contributed by atoms with Crippen LogP contribution in [-0.2, 0) is 0 Å². The third-order valence-corrected chi connectivity index (χ3v) is 3.00. The third kappa shape index (κ3) is 4.96. The number of carbonyl (C=O) groups is 1. The van der Waals surface area contributed by atoms with Gasteiger partial charge < -0.3 is 9.84 Å². The molecule has 0 aliphatic carbocycles. The number of halogens is 4. The first-order chi connectivity index (χ1) is 10.7. The molecule has 0 heterocycles. The minimum Gasteiger partial charge on any atom is -0.464 e. The van der Waals surface area contributed by atoms with E-state index in [0.29, 0.717) is 11.1 Å². The van der Waals surface area contributed by atoms with Crippen LogP contribution in [0.5, 0.6) is 5.75 Å². The van der Waals surface area contributed by atoms with Gasteiger partial charge in [0.25, 0.3) is 0 Å². The Bertz CT molecular complexity index is 723. The first-order valence-corrected chi connectivity index (χ1v) is 6.53. The topological polar surface area (TPSA) is 70.6 Å². The summed E-state index contributed by atoms with van der Waals surface area (Å²) in [4.78, 5) is 10.5. The average Bonchev–Trinajstić information content (AvgIpc) is 2.44. The van der Waals surface area contributed by atoms with Gasteiger partial charge in [-0.2, -0.15) is 0 Å². The van der Waals surface area contributed by atoms with Gasteiger partial charge >= 0.3 is 12.5 Å². The molecular formula is C14H10ClF3N2O3. The van der Waals surface area contributed by atoms with E-state index in [-0.39, 0.29) is 16.5 Å². The largest absolute Gasteiger partial charge is 0.573 e. The molecule has 0 bridgehead atoms. The van der Waals surface area contributed by atoms with Gasteiger partial charge in [-0.25, -0.2) is 10.2 Å². The Balaban J connectivity index is 2.29. The molecule has 9 heteroatoms. The van der Waals surface area contributed by atoms with Gasteiger partial charge in [-0.05, 0) is 35.4 Å². The highest BCUT2D eigenvalue weighted by Gasteiger charge is 2.31. The van der Waals surface area contributed by atoms with Gasteiger partial charge in [0.1, 0.15) is 5.75 Å². The molecule has 0 saturated carbocycles. The fourth-order valence-electron chi connectivity index (χ4n) is 1.79. The van der Waals surface area contributed by atoms with E-state index >= 15 is 0 Å². The molecule has 2 aromatic carbocycles. The number of alkyl halides is 3. The molecule has 0 atom stereocenters. The van der Waals surface area contributed by atoms with E-state index < -0.39 is 12.5 Å². The number of ether oxygens (including phenoxy) is 1. The highest BCUT2D eigenvalue weighted by Crippen LogP contribution is 2.31. The van der Waals surface area contributed by atoms with Crippen LogP contribution in [0.2, 0.25) is 5.02 Å². The molecule has 0 fully saturated rings. The van der Waals surface area contributed by atoms with Crippen LogP contribution in [-0.4, -0.2) is 17.6 Å². The molecule has 0 unspecified atom stereocenters. The zero-order valence-corrected chi connectivity index (χ0v) is 12.1. The summed E-state index contributed by atoms with van der Waals surface area (Å²) in [5.74, 6) is -0.358. The number of carboxylic acid groups (broad SMARTS) is 1. The quantitative estimate of drug-likeness (QED) is 0.713. The molecule has 0 saturated heterocycles. The fraction of sp³-hybridized carbons (Fsp3) is 0.0714. The minimum absolute atomic E-state index is 0.241. The van der Waals surface area contributed by atoms with Crippen LogP contribution in [0.4, 0.5) is 23.7 Å². The van der Waals surface area contributed by atoms with E-state index in [0.717, 1.165) is 0 Å². The Morgan fingerprint density at radius 3 is 2.48 bits per heavy atom. The highest BCUT2D eigenvalue weighted by atomic mass is 35.5. The molecule has 122 valence electrons. The fourth-order valence-corrected chi connectivity index (χ4v) is 1.96. The Kier molecular flexibility index (Phi) is 4.85. The first-order valence-electron chi connectivity index (χ1n) is 6.15. The van der Waals surface area contributed by atoms with Crippen molar-refractivity contribution in [2.45, 2.75) is 6.36 Å². The average molecular weight is 347 g/mol. The van der Waals surface area contributed by atoms with Gasteiger partial charge in [-0.15, -0.1) is 13.2 Å². The lowest BCUT2D eigenvalue weighted by Crippen LogP contribution is -2.27. The van der Waals surface area contributed by atoms with Crippen LogP contribution < -0.4 is 15.6 Å². The Labute approximate surface area is 133 Å². The number of nitrogens with one attached hydrogen (secondary N) is 2. The molecule has 2 aromatic rings. The molecule has 0 spiro atoms. The van der Waals surface area contributed by atoms with Crippen LogP contribution in [0.15, 0.2) is 42.5 Å². The van der Waals surface area contributed by atoms with Crippen LogP contribution in [0, 0.1) is 0 Å². The molecule has 0 aliphatic heterocycles. The van der Waals surface area contributed by atoms with Gasteiger partial charge in [-0.3, -0.25) is 5.43 Å². The normalized spacial score (nSPS) is 11.0. The number of hydrogen-bond acceptors (Lipinski definition) is 3. The lowest BCUT2D eigenvalue weighted by Gasteiger charge is -2.12. The van der Waals surface area contributed by atoms with Crippen molar-refractivity contribution in [2.24, 2.45) is 0 Å². The number of amides is 1. The van der Waals surface area contributed by atoms with Crippen LogP contribution in [0.1, 0.15) is 0 Å². The van der Waals surface area contributed by atoms with Gasteiger partial charge in [0.2, 0.25) is 0 Å². The van der Waals surface area contributed by atoms with Crippen LogP contribution in [0.25, 0.3) is 11.1 Å². The first kappa shape index (κ1) is 16.8. The molecule has 2 rings (SSSR count). The predicted molar refractivity (Wildman–Crippen MR) is 78.4 cm³/mol. The summed E-state index contributed by atoms with van der Waals surface area (Å²) in [5.41, 5.74) is 5.54. The number of rotatable bonds is 4. The smallest absolute Gasteiger partial charge is 0.464 e. The SMILES string of the molecule is O=C(O)NNc1cc(-c2cccc(OC(F)(F)F)c2)ccc1Cl. The molecule has 1 amide bonds. The summed E-state index contributed by atoms with van der Waals surface area (Å²) < 4.78 is 40.6. The van der Waals surface area contributed by atoms with Crippen LogP contribution >= 0.6 is 11.6 Å². The number of hydrogen-bond donors (Lipinski definition) is 3. The van der Waals surface area contributed by atoms with Crippen molar-refractivity contribution in [3.63, 3.8) is 0 Å². The molecule has 5 nitrogen and oxygen atoms in total. The van der Waals surface area contributed by atoms with Crippen molar-refractivity contribution in [1.29, 1.82) is 0 Å². The standard InChI is InChI=1S/C14H10ClF3N2O3/c15-11-5-4-9(7-12(11)19-20-13(21)22)8-2-1-3-10(6-8)23-14(16,17)18/h1-7,19-20H,(H,21,22). The van der Waals surface area contributed by atoms with Crippen LogP contribution in [0.3, 0.4) is 0 Å². The molecule has 0 radical (unpaired) electrons. The second kappa shape index (κ2) is 6.66. The van der Waals surface area contributed by atoms with E-state index in [4.69, 9.17) is 16.7 Å². The van der Waals surface area contributed by atoms with Crippen molar-refractivity contribution in [3.05, 3.63) is 47.5 Å². The summed E-state index contributed by atoms with van der Waals surface area (Å²) in [6.45, 7) is 0. The monoisotopic (exact) mass is 346 g/mol. The zero-order valence-electron chi connectivity index (χ0n) is 11.3. The maximum atomic E-state index is 12.3. The molecule has 0 aromatic heterocycles. The zero-order chi connectivity index (χ0) is 17.0. The molecular weight excluding hydrogens is 337 g/mol. The number of hydrazine groups is 1. The van der Waals surface area contributed by atoms with Crippen molar-refractivity contribution >= 4 is 23.4 Å². The molecule has 3 N–H and O–H groups in total. The van der Waals surface area contributed by atoms with Gasteiger partial charge in [0.05, 0.1) is 10.7 Å². The molecule has 0 aliphatic rings.